The number of aromatic amines is 1. The molecule has 0 aliphatic heterocycles. The molecule has 0 spiro atoms. The van der Waals surface area contributed by atoms with Crippen LogP contribution >= 0.6 is 11.8 Å². The fourth-order valence-electron chi connectivity index (χ4n) is 1.57. The number of carboxylic acid groups (broad SMARTS) is 1. The molecule has 96 valence electrons. The van der Waals surface area contributed by atoms with Crippen LogP contribution in [0.25, 0.3) is 11.0 Å². The number of imidazole rings is 1. The highest BCUT2D eigenvalue weighted by Gasteiger charge is 2.11. The predicted octanol–water partition coefficient (Wildman–Crippen LogP) is 2.02. The minimum atomic E-state index is -0.797. The van der Waals surface area contributed by atoms with Crippen molar-refractivity contribution in [3.63, 3.8) is 0 Å². The van der Waals surface area contributed by atoms with Crippen LogP contribution in [0.5, 0.6) is 5.75 Å². The number of aromatic nitrogens is 2. The van der Waals surface area contributed by atoms with Crippen LogP contribution in [-0.2, 0) is 11.2 Å². The Kier molecular flexibility index (Phi) is 3.76. The number of aryl methyl sites for hydroxylation is 1. The second-order valence-electron chi connectivity index (χ2n) is 3.99. The van der Waals surface area contributed by atoms with E-state index >= 15 is 0 Å². The first kappa shape index (κ1) is 12.8. The van der Waals surface area contributed by atoms with Gasteiger partial charge >= 0.3 is 5.97 Å². The van der Waals surface area contributed by atoms with Crippen molar-refractivity contribution < 1.29 is 15.0 Å². The van der Waals surface area contributed by atoms with Gasteiger partial charge in [0.05, 0.1) is 16.3 Å². The topological polar surface area (TPSA) is 86.2 Å². The molecule has 2 aromatic rings. The molecular formula is C12H14N2O3S. The molecular weight excluding hydrogens is 252 g/mol. The highest BCUT2D eigenvalue weighted by atomic mass is 32.2. The average Bonchev–Trinajstić information content (AvgIpc) is 2.70. The monoisotopic (exact) mass is 266 g/mol. The van der Waals surface area contributed by atoms with Crippen molar-refractivity contribution in [3.8, 4) is 5.75 Å². The lowest BCUT2D eigenvalue weighted by Gasteiger charge is -2.03. The van der Waals surface area contributed by atoms with Crippen molar-refractivity contribution in [1.82, 2.24) is 9.97 Å². The number of phenols is 1. The van der Waals surface area contributed by atoms with Gasteiger partial charge in [-0.25, -0.2) is 4.98 Å². The van der Waals surface area contributed by atoms with Crippen LogP contribution in [0.4, 0.5) is 0 Å². The number of aliphatic carboxylic acids is 1. The van der Waals surface area contributed by atoms with Gasteiger partial charge in [0.2, 0.25) is 0 Å². The maximum atomic E-state index is 10.6. The maximum absolute atomic E-state index is 10.6. The van der Waals surface area contributed by atoms with Crippen LogP contribution < -0.4 is 0 Å². The normalized spacial score (nSPS) is 12.7. The van der Waals surface area contributed by atoms with Gasteiger partial charge in [-0.3, -0.25) is 4.79 Å². The maximum Gasteiger partial charge on any atom is 0.316 e. The number of hydrogen-bond acceptors (Lipinski definition) is 4. The van der Waals surface area contributed by atoms with E-state index in [1.807, 2.05) is 0 Å². The summed E-state index contributed by atoms with van der Waals surface area (Å²) < 4.78 is 0. The number of thioether (sulfide) groups is 1. The van der Waals surface area contributed by atoms with Crippen molar-refractivity contribution >= 4 is 28.8 Å². The quantitative estimate of drug-likeness (QED) is 0.770. The molecule has 0 saturated heterocycles. The zero-order valence-corrected chi connectivity index (χ0v) is 10.7. The van der Waals surface area contributed by atoms with Gasteiger partial charge < -0.3 is 15.2 Å². The lowest BCUT2D eigenvalue weighted by atomic mass is 10.3. The third kappa shape index (κ3) is 2.95. The number of nitrogens with zero attached hydrogens (tertiary/aromatic N) is 1. The van der Waals surface area contributed by atoms with Gasteiger partial charge in [0.25, 0.3) is 0 Å². The first-order valence-electron chi connectivity index (χ1n) is 5.58. The molecule has 0 fully saturated rings. The molecule has 1 atom stereocenters. The minimum absolute atomic E-state index is 0.201. The molecule has 3 N–H and O–H groups in total. The van der Waals surface area contributed by atoms with Crippen LogP contribution in [0.2, 0.25) is 0 Å². The van der Waals surface area contributed by atoms with Crippen LogP contribution in [0, 0.1) is 0 Å². The molecule has 0 amide bonds. The zero-order chi connectivity index (χ0) is 13.1. The number of hydrogen-bond donors (Lipinski definition) is 3. The number of fused-ring (bicyclic) bond motifs is 1. The Hall–Kier alpha value is -1.69. The molecule has 0 aliphatic rings. The van der Waals surface area contributed by atoms with E-state index in [0.29, 0.717) is 12.2 Å². The molecule has 1 unspecified atom stereocenters. The summed E-state index contributed by atoms with van der Waals surface area (Å²) in [7, 11) is 0. The number of rotatable bonds is 5. The summed E-state index contributed by atoms with van der Waals surface area (Å²) in [5.41, 5.74) is 1.60. The number of benzene rings is 1. The fourth-order valence-corrected chi connectivity index (χ4v) is 2.38. The molecule has 0 bridgehead atoms. The molecule has 0 radical (unpaired) electrons. The fraction of sp³-hybridized carbons (Fsp3) is 0.333. The Morgan fingerprint density at radius 2 is 2.33 bits per heavy atom. The van der Waals surface area contributed by atoms with Crippen LogP contribution in [0.1, 0.15) is 12.7 Å². The van der Waals surface area contributed by atoms with E-state index in [1.165, 1.54) is 11.8 Å². The van der Waals surface area contributed by atoms with Gasteiger partial charge in [0.1, 0.15) is 11.6 Å². The summed E-state index contributed by atoms with van der Waals surface area (Å²) >= 11 is 1.38. The second-order valence-corrected chi connectivity index (χ2v) is 5.43. The predicted molar refractivity (Wildman–Crippen MR) is 71.0 cm³/mol. The Bertz CT molecular complexity index is 567. The SMILES string of the molecule is CC(SCCc1nc2ccc(O)cc2[nH]1)C(=O)O. The summed E-state index contributed by atoms with van der Waals surface area (Å²) in [5.74, 6) is 0.904. The summed E-state index contributed by atoms with van der Waals surface area (Å²) in [6.07, 6.45) is 0.678. The molecule has 0 aliphatic carbocycles. The molecule has 1 aromatic heterocycles. The lowest BCUT2D eigenvalue weighted by molar-refractivity contribution is -0.136. The van der Waals surface area contributed by atoms with E-state index < -0.39 is 11.2 Å². The van der Waals surface area contributed by atoms with Crippen molar-refractivity contribution in [2.24, 2.45) is 0 Å². The summed E-state index contributed by atoms with van der Waals surface area (Å²) in [5, 5.41) is 17.7. The van der Waals surface area contributed by atoms with Gasteiger partial charge in [0, 0.05) is 18.2 Å². The van der Waals surface area contributed by atoms with E-state index in [-0.39, 0.29) is 5.75 Å². The van der Waals surface area contributed by atoms with Gasteiger partial charge in [0.15, 0.2) is 0 Å². The van der Waals surface area contributed by atoms with Crippen molar-refractivity contribution in [3.05, 3.63) is 24.0 Å². The van der Waals surface area contributed by atoms with Crippen LogP contribution in [0.3, 0.4) is 0 Å². The standard InChI is InChI=1S/C12H14N2O3S/c1-7(12(16)17)18-5-4-11-13-9-3-2-8(15)6-10(9)14-11/h2-3,6-7,15H,4-5H2,1H3,(H,13,14)(H,16,17). The number of carboxylic acids is 1. The molecule has 5 nitrogen and oxygen atoms in total. The highest BCUT2D eigenvalue weighted by molar-refractivity contribution is 8.00. The largest absolute Gasteiger partial charge is 0.508 e. The van der Waals surface area contributed by atoms with E-state index in [4.69, 9.17) is 5.11 Å². The van der Waals surface area contributed by atoms with E-state index in [0.717, 1.165) is 16.9 Å². The Morgan fingerprint density at radius 1 is 1.56 bits per heavy atom. The third-order valence-electron chi connectivity index (χ3n) is 2.57. The van der Waals surface area contributed by atoms with Crippen LogP contribution in [-0.4, -0.2) is 37.2 Å². The van der Waals surface area contributed by atoms with Gasteiger partial charge in [-0.05, 0) is 19.1 Å². The van der Waals surface area contributed by atoms with Crippen molar-refractivity contribution in [1.29, 1.82) is 0 Å². The molecule has 0 saturated carbocycles. The van der Waals surface area contributed by atoms with Gasteiger partial charge in [-0.15, -0.1) is 11.8 Å². The first-order chi connectivity index (χ1) is 8.56. The number of H-pyrrole nitrogens is 1. The average molecular weight is 266 g/mol. The Balaban J connectivity index is 1.98. The van der Waals surface area contributed by atoms with Gasteiger partial charge in [-0.2, -0.15) is 0 Å². The summed E-state index contributed by atoms with van der Waals surface area (Å²) in [6, 6.07) is 4.96. The minimum Gasteiger partial charge on any atom is -0.508 e. The third-order valence-corrected chi connectivity index (χ3v) is 3.71. The number of aromatic hydroxyl groups is 1. The molecule has 6 heteroatoms. The molecule has 18 heavy (non-hydrogen) atoms. The van der Waals surface area contributed by atoms with Crippen molar-refractivity contribution in [2.45, 2.75) is 18.6 Å². The summed E-state index contributed by atoms with van der Waals surface area (Å²) in [6.45, 7) is 1.67. The Morgan fingerprint density at radius 3 is 3.06 bits per heavy atom. The molecule has 2 rings (SSSR count). The van der Waals surface area contributed by atoms with Crippen LogP contribution in [0.15, 0.2) is 18.2 Å². The first-order valence-corrected chi connectivity index (χ1v) is 6.63. The molecule has 1 heterocycles. The zero-order valence-electron chi connectivity index (χ0n) is 9.88. The lowest BCUT2D eigenvalue weighted by Crippen LogP contribution is -2.12. The highest BCUT2D eigenvalue weighted by Crippen LogP contribution is 2.19. The second kappa shape index (κ2) is 5.30. The van der Waals surface area contributed by atoms with E-state index in [9.17, 15) is 9.90 Å². The molecule has 1 aromatic carbocycles. The van der Waals surface area contributed by atoms with E-state index in [1.54, 1.807) is 25.1 Å². The smallest absolute Gasteiger partial charge is 0.316 e. The number of carbonyl (C=O) groups is 1. The van der Waals surface area contributed by atoms with Crippen molar-refractivity contribution in [2.75, 3.05) is 5.75 Å². The number of phenolic OH excluding ortho intramolecular Hbond substituents is 1. The summed E-state index contributed by atoms with van der Waals surface area (Å²) in [4.78, 5) is 18.1. The van der Waals surface area contributed by atoms with Gasteiger partial charge in [-0.1, -0.05) is 0 Å². The number of nitrogens with one attached hydrogen (secondary N) is 1. The Labute approximate surface area is 108 Å². The van der Waals surface area contributed by atoms with E-state index in [2.05, 4.69) is 9.97 Å².